The average molecular weight is 534 g/mol. The van der Waals surface area contributed by atoms with Gasteiger partial charge in [-0.25, -0.2) is 9.48 Å². The Labute approximate surface area is 229 Å². The Kier molecular flexibility index (Phi) is 6.23. The molecule has 11 heteroatoms. The van der Waals surface area contributed by atoms with Crippen molar-refractivity contribution in [1.82, 2.24) is 35.2 Å². The van der Waals surface area contributed by atoms with Gasteiger partial charge in [-0.1, -0.05) is 20.8 Å². The number of pyridine rings is 1. The van der Waals surface area contributed by atoms with E-state index in [4.69, 9.17) is 9.84 Å². The van der Waals surface area contributed by atoms with Crippen LogP contribution in [0.2, 0.25) is 0 Å². The van der Waals surface area contributed by atoms with E-state index in [9.17, 15) is 4.79 Å². The lowest BCUT2D eigenvalue weighted by molar-refractivity contribution is 0.262. The van der Waals surface area contributed by atoms with Crippen molar-refractivity contribution in [3.8, 4) is 28.4 Å². The van der Waals surface area contributed by atoms with Crippen molar-refractivity contribution >= 4 is 28.4 Å². The molecule has 11 nitrogen and oxygen atoms in total. The zero-order valence-corrected chi connectivity index (χ0v) is 22.1. The Morgan fingerprint density at radius 2 is 1.77 bits per heavy atom. The molecule has 0 unspecified atom stereocenters. The number of hydrogen-bond acceptors (Lipinski definition) is 6. The summed E-state index contributed by atoms with van der Waals surface area (Å²) in [6, 6.07) is 18.1. The van der Waals surface area contributed by atoms with Gasteiger partial charge in [-0.15, -0.1) is 0 Å². The molecule has 4 aromatic heterocycles. The number of hydrogen-bond donors (Lipinski definition) is 4. The van der Waals surface area contributed by atoms with Gasteiger partial charge in [0.25, 0.3) is 0 Å². The number of rotatable bonds is 6. The minimum Gasteiger partial charge on any atom is -0.457 e. The number of anilines is 2. The van der Waals surface area contributed by atoms with Crippen LogP contribution < -0.4 is 15.4 Å². The van der Waals surface area contributed by atoms with E-state index in [2.05, 4.69) is 56.8 Å². The Morgan fingerprint density at radius 1 is 0.925 bits per heavy atom. The first-order valence-corrected chi connectivity index (χ1v) is 12.7. The van der Waals surface area contributed by atoms with Crippen LogP contribution in [-0.4, -0.2) is 41.2 Å². The van der Waals surface area contributed by atoms with Crippen LogP contribution in [0.1, 0.15) is 26.5 Å². The van der Waals surface area contributed by atoms with Crippen molar-refractivity contribution in [3.63, 3.8) is 0 Å². The third-order valence-electron chi connectivity index (χ3n) is 6.26. The van der Waals surface area contributed by atoms with Gasteiger partial charge in [-0.2, -0.15) is 15.3 Å². The molecular weight excluding hydrogens is 506 g/mol. The molecule has 0 atom stereocenters. The average Bonchev–Trinajstić information content (AvgIpc) is 3.70. The second-order valence-corrected chi connectivity index (χ2v) is 10.3. The van der Waals surface area contributed by atoms with Crippen LogP contribution in [0.4, 0.5) is 16.3 Å². The topological polar surface area (TPSA) is 138 Å². The summed E-state index contributed by atoms with van der Waals surface area (Å²) < 4.78 is 7.71. The van der Waals surface area contributed by atoms with Crippen LogP contribution in [0, 0.1) is 0 Å². The van der Waals surface area contributed by atoms with E-state index in [1.165, 1.54) is 0 Å². The van der Waals surface area contributed by atoms with E-state index in [-0.39, 0.29) is 5.41 Å². The van der Waals surface area contributed by atoms with E-state index >= 15 is 0 Å². The van der Waals surface area contributed by atoms with Gasteiger partial charge in [0.05, 0.1) is 35.0 Å². The quantitative estimate of drug-likeness (QED) is 0.199. The minimum atomic E-state index is -0.390. The molecule has 200 valence electrons. The molecule has 0 aliphatic carbocycles. The zero-order valence-electron chi connectivity index (χ0n) is 22.1. The number of benzene rings is 2. The van der Waals surface area contributed by atoms with E-state index in [1.807, 2.05) is 30.3 Å². The predicted molar refractivity (Wildman–Crippen MR) is 153 cm³/mol. The van der Waals surface area contributed by atoms with Crippen molar-refractivity contribution in [1.29, 1.82) is 0 Å². The summed E-state index contributed by atoms with van der Waals surface area (Å²) in [6.07, 6.45) is 6.91. The van der Waals surface area contributed by atoms with E-state index in [0.29, 0.717) is 23.0 Å². The summed E-state index contributed by atoms with van der Waals surface area (Å²) in [5, 5.41) is 25.4. The molecule has 0 saturated heterocycles. The van der Waals surface area contributed by atoms with Crippen LogP contribution in [-0.2, 0) is 5.41 Å². The molecule has 0 bridgehead atoms. The molecule has 6 aromatic rings. The van der Waals surface area contributed by atoms with Gasteiger partial charge in [0.1, 0.15) is 17.3 Å². The number of ether oxygens (including phenoxy) is 1. The fourth-order valence-electron chi connectivity index (χ4n) is 4.14. The van der Waals surface area contributed by atoms with E-state index < -0.39 is 6.03 Å². The number of carbonyl (C=O) groups is 1. The number of fused-ring (bicyclic) bond motifs is 1. The van der Waals surface area contributed by atoms with Crippen LogP contribution in [0.3, 0.4) is 0 Å². The van der Waals surface area contributed by atoms with Gasteiger partial charge in [0.2, 0.25) is 0 Å². The number of carbonyl (C=O) groups excluding carboxylic acids is 1. The number of urea groups is 1. The van der Waals surface area contributed by atoms with Gasteiger partial charge in [-0.05, 0) is 48.5 Å². The molecule has 0 fully saturated rings. The molecule has 0 spiro atoms. The molecule has 0 saturated carbocycles. The smallest absolute Gasteiger partial charge is 0.324 e. The molecule has 0 radical (unpaired) electrons. The molecule has 4 heterocycles. The highest BCUT2D eigenvalue weighted by molar-refractivity contribution is 5.99. The fourth-order valence-corrected chi connectivity index (χ4v) is 4.14. The Bertz CT molecular complexity index is 1780. The number of nitrogens with zero attached hydrogens (tertiary/aromatic N) is 5. The van der Waals surface area contributed by atoms with Gasteiger partial charge in [0, 0.05) is 46.6 Å². The predicted octanol–water partition coefficient (Wildman–Crippen LogP) is 6.27. The van der Waals surface area contributed by atoms with Gasteiger partial charge in [-0.3, -0.25) is 20.5 Å². The molecule has 2 amide bonds. The van der Waals surface area contributed by atoms with Gasteiger partial charge >= 0.3 is 6.03 Å². The molecule has 2 aromatic carbocycles. The molecule has 6 rings (SSSR count). The van der Waals surface area contributed by atoms with Crippen molar-refractivity contribution in [3.05, 3.63) is 91.1 Å². The third-order valence-corrected chi connectivity index (χ3v) is 6.26. The Morgan fingerprint density at radius 3 is 2.55 bits per heavy atom. The zero-order chi connectivity index (χ0) is 27.7. The number of aromatic amines is 2. The van der Waals surface area contributed by atoms with Crippen molar-refractivity contribution in [2.24, 2.45) is 0 Å². The SMILES string of the molecule is CC(C)(C)c1cc(NC(=O)Nc2ccc(Oc3ccnc(-c4cn[nH]c4)c3)cc2)n(-c2ccc3[nH]ncc3c2)n1. The molecule has 0 aliphatic rings. The first-order chi connectivity index (χ1) is 19.3. The Hall–Kier alpha value is -5.45. The second kappa shape index (κ2) is 10.0. The first-order valence-electron chi connectivity index (χ1n) is 12.7. The lowest BCUT2D eigenvalue weighted by Crippen LogP contribution is -2.21. The maximum absolute atomic E-state index is 13.0. The van der Waals surface area contributed by atoms with E-state index in [0.717, 1.165) is 33.5 Å². The minimum absolute atomic E-state index is 0.207. The largest absolute Gasteiger partial charge is 0.457 e. The van der Waals surface area contributed by atoms with Crippen LogP contribution in [0.15, 0.2) is 85.5 Å². The molecule has 40 heavy (non-hydrogen) atoms. The maximum atomic E-state index is 13.0. The summed E-state index contributed by atoms with van der Waals surface area (Å²) in [4.78, 5) is 17.3. The normalized spacial score (nSPS) is 11.5. The van der Waals surface area contributed by atoms with E-state index in [1.54, 1.807) is 59.8 Å². The van der Waals surface area contributed by atoms with Crippen LogP contribution in [0.5, 0.6) is 11.5 Å². The summed E-state index contributed by atoms with van der Waals surface area (Å²) in [5.74, 6) is 1.82. The number of nitrogens with one attached hydrogen (secondary N) is 4. The fraction of sp³-hybridized carbons (Fsp3) is 0.138. The number of H-pyrrole nitrogens is 2. The van der Waals surface area contributed by atoms with Crippen LogP contribution >= 0.6 is 0 Å². The summed E-state index contributed by atoms with van der Waals surface area (Å²) in [7, 11) is 0. The Balaban J connectivity index is 1.16. The highest BCUT2D eigenvalue weighted by Gasteiger charge is 2.22. The lowest BCUT2D eigenvalue weighted by Gasteiger charge is -2.14. The van der Waals surface area contributed by atoms with Crippen molar-refractivity contribution in [2.45, 2.75) is 26.2 Å². The summed E-state index contributed by atoms with van der Waals surface area (Å²) >= 11 is 0. The van der Waals surface area contributed by atoms with Crippen molar-refractivity contribution in [2.75, 3.05) is 10.6 Å². The van der Waals surface area contributed by atoms with Gasteiger partial charge in [0.15, 0.2) is 0 Å². The highest BCUT2D eigenvalue weighted by Crippen LogP contribution is 2.29. The highest BCUT2D eigenvalue weighted by atomic mass is 16.5. The molecular formula is C29H27N9O2. The summed E-state index contributed by atoms with van der Waals surface area (Å²) in [6.45, 7) is 6.24. The van der Waals surface area contributed by atoms with Crippen molar-refractivity contribution < 1.29 is 9.53 Å². The first kappa shape index (κ1) is 24.9. The van der Waals surface area contributed by atoms with Gasteiger partial charge < -0.3 is 10.1 Å². The van der Waals surface area contributed by atoms with Crippen LogP contribution in [0.25, 0.3) is 27.8 Å². The third kappa shape index (κ3) is 5.25. The molecule has 4 N–H and O–H groups in total. The lowest BCUT2D eigenvalue weighted by atomic mass is 9.92. The summed E-state index contributed by atoms with van der Waals surface area (Å²) in [5.41, 5.74) is 4.61. The molecule has 0 aliphatic heterocycles. The monoisotopic (exact) mass is 533 g/mol. The maximum Gasteiger partial charge on any atom is 0.324 e. The second-order valence-electron chi connectivity index (χ2n) is 10.3. The number of aromatic nitrogens is 7. The number of amides is 2. The standard InChI is InChI=1S/C29H27N9O2/c1-29(2,3)26-14-27(38(37-26)21-6-9-24-18(12-21)15-33-36-24)35-28(39)34-20-4-7-22(8-5-20)40-23-10-11-30-25(13-23)19-16-31-32-17-19/h4-17H,1-3H3,(H,31,32)(H,33,36)(H2,34,35,39).